The van der Waals surface area contributed by atoms with E-state index in [4.69, 9.17) is 11.6 Å². The van der Waals surface area contributed by atoms with Gasteiger partial charge in [0.25, 0.3) is 10.0 Å². The average molecular weight is 473 g/mol. The number of hydrogen-bond donors (Lipinski definition) is 0. The molecule has 3 aromatic rings. The maximum absolute atomic E-state index is 13.8. The lowest BCUT2D eigenvalue weighted by Crippen LogP contribution is -2.22. The number of thiophene rings is 1. The van der Waals surface area contributed by atoms with Gasteiger partial charge >= 0.3 is 0 Å². The molecule has 0 radical (unpaired) electrons. The number of halogens is 4. The predicted octanol–water partition coefficient (Wildman–Crippen LogP) is 4.70. The van der Waals surface area contributed by atoms with E-state index in [9.17, 15) is 17.2 Å². The summed E-state index contributed by atoms with van der Waals surface area (Å²) in [5, 5.41) is 2.10. The second kappa shape index (κ2) is 6.64. The van der Waals surface area contributed by atoms with Crippen molar-refractivity contribution < 1.29 is 17.2 Å². The smallest absolute Gasteiger partial charge is 0.207 e. The zero-order chi connectivity index (χ0) is 17.5. The number of sulfonamides is 1. The van der Waals surface area contributed by atoms with Crippen molar-refractivity contribution in [3.8, 4) is 10.7 Å². The van der Waals surface area contributed by atoms with E-state index in [0.717, 1.165) is 23.7 Å². The molecule has 1 aromatic carbocycles. The second-order valence-electron chi connectivity index (χ2n) is 4.29. The van der Waals surface area contributed by atoms with Crippen LogP contribution in [0.1, 0.15) is 0 Å². The number of aromatic nitrogens is 2. The van der Waals surface area contributed by atoms with Crippen LogP contribution in [0.3, 0.4) is 0 Å². The molecule has 0 atom stereocenters. The summed E-state index contributed by atoms with van der Waals surface area (Å²) < 4.78 is 56.6. The third kappa shape index (κ3) is 3.18. The van der Waals surface area contributed by atoms with E-state index in [0.29, 0.717) is 19.3 Å². The van der Waals surface area contributed by atoms with Crippen LogP contribution in [0.4, 0.5) is 13.9 Å². The topological polar surface area (TPSA) is 63.2 Å². The van der Waals surface area contributed by atoms with E-state index in [-0.39, 0.29) is 11.0 Å². The first kappa shape index (κ1) is 17.7. The van der Waals surface area contributed by atoms with Gasteiger partial charge in [-0.2, -0.15) is 12.7 Å². The second-order valence-corrected chi connectivity index (χ2v) is 9.28. The minimum absolute atomic E-state index is 0.0712. The van der Waals surface area contributed by atoms with Crippen LogP contribution in [-0.2, 0) is 10.0 Å². The monoisotopic (exact) mass is 471 g/mol. The summed E-state index contributed by atoms with van der Waals surface area (Å²) >= 11 is 10.9. The van der Waals surface area contributed by atoms with Gasteiger partial charge in [-0.25, -0.2) is 17.2 Å². The summed E-state index contributed by atoms with van der Waals surface area (Å²) in [6, 6.07) is 3.82. The molecule has 0 unspecified atom stereocenters. The third-order valence-corrected chi connectivity index (χ3v) is 8.10. The van der Waals surface area contributed by atoms with E-state index in [1.807, 2.05) is 0 Å². The number of hydrogen-bond acceptors (Lipinski definition) is 6. The van der Waals surface area contributed by atoms with E-state index in [1.54, 1.807) is 11.4 Å². The zero-order valence-electron chi connectivity index (χ0n) is 11.3. The van der Waals surface area contributed by atoms with Crippen molar-refractivity contribution in [2.45, 2.75) is 4.90 Å². The van der Waals surface area contributed by atoms with E-state index >= 15 is 0 Å². The molecule has 0 saturated carbocycles. The lowest BCUT2D eigenvalue weighted by atomic mass is 10.3. The fourth-order valence-corrected chi connectivity index (χ4v) is 5.45. The van der Waals surface area contributed by atoms with Gasteiger partial charge in [-0.05, 0) is 29.6 Å². The third-order valence-electron chi connectivity index (χ3n) is 2.77. The van der Waals surface area contributed by atoms with E-state index in [2.05, 4.69) is 25.5 Å². The molecule has 0 saturated heterocycles. The summed E-state index contributed by atoms with van der Waals surface area (Å²) in [5.74, 6) is -1.71. The lowest BCUT2D eigenvalue weighted by molar-refractivity contribution is 0.554. The highest BCUT2D eigenvalue weighted by Gasteiger charge is 2.30. The Hall–Kier alpha value is -1.14. The van der Waals surface area contributed by atoms with Crippen LogP contribution in [0.5, 0.6) is 0 Å². The van der Waals surface area contributed by atoms with Gasteiger partial charge in [0.05, 0.1) is 26.0 Å². The molecule has 0 amide bonds. The van der Waals surface area contributed by atoms with Gasteiger partial charge in [0.1, 0.15) is 16.5 Å². The summed E-state index contributed by atoms with van der Waals surface area (Å²) in [7, 11) is -4.40. The lowest BCUT2D eigenvalue weighted by Gasteiger charge is -2.13. The molecular weight excluding hydrogens is 468 g/mol. The first-order valence-electron chi connectivity index (χ1n) is 6.04. The van der Waals surface area contributed by atoms with Gasteiger partial charge in [0.2, 0.25) is 5.13 Å². The van der Waals surface area contributed by atoms with Gasteiger partial charge in [-0.3, -0.25) is 0 Å². The normalized spacial score (nSPS) is 11.7. The minimum atomic E-state index is -4.40. The van der Waals surface area contributed by atoms with Crippen LogP contribution in [0.25, 0.3) is 10.7 Å². The van der Waals surface area contributed by atoms with Gasteiger partial charge in [0.15, 0.2) is 5.82 Å². The Morgan fingerprint density at radius 3 is 2.67 bits per heavy atom. The fourth-order valence-electron chi connectivity index (χ4n) is 1.70. The first-order chi connectivity index (χ1) is 11.3. The van der Waals surface area contributed by atoms with Crippen LogP contribution in [-0.4, -0.2) is 17.8 Å². The average Bonchev–Trinajstić information content (AvgIpc) is 3.17. The van der Waals surface area contributed by atoms with Crippen molar-refractivity contribution in [1.82, 2.24) is 9.36 Å². The molecule has 0 fully saturated rings. The first-order valence-corrected chi connectivity index (χ1v) is 10.2. The molecule has 2 heterocycles. The van der Waals surface area contributed by atoms with Crippen molar-refractivity contribution in [2.75, 3.05) is 3.33 Å². The molecule has 126 valence electrons. The van der Waals surface area contributed by atoms with Crippen LogP contribution >= 0.6 is 50.6 Å². The van der Waals surface area contributed by atoms with Crippen molar-refractivity contribution in [1.29, 1.82) is 0 Å². The summed E-state index contributed by atoms with van der Waals surface area (Å²) in [5.41, 5.74) is 0. The number of nitrogens with zero attached hydrogens (tertiary/aromatic N) is 3. The maximum Gasteiger partial charge on any atom is 0.278 e. The highest BCUT2D eigenvalue weighted by atomic mass is 79.9. The Balaban J connectivity index is 2.00. The summed E-state index contributed by atoms with van der Waals surface area (Å²) in [6.07, 6.45) is 0. The van der Waals surface area contributed by atoms with Crippen LogP contribution in [0, 0.1) is 11.6 Å². The number of rotatable bonds is 4. The Morgan fingerprint density at radius 2 is 2.00 bits per heavy atom. The standard InChI is InChI=1S/C12H5BrClF2N3O2S3/c13-19(24(20,21)9-5-6(15)1-2-8(9)16)12-17-11(18-23-12)10-7(14)3-4-22-10/h1-5H. The highest BCUT2D eigenvalue weighted by molar-refractivity contribution is 9.11. The van der Waals surface area contributed by atoms with E-state index < -0.39 is 26.6 Å². The highest BCUT2D eigenvalue weighted by Crippen LogP contribution is 2.36. The summed E-state index contributed by atoms with van der Waals surface area (Å²) in [6.45, 7) is 0. The van der Waals surface area contributed by atoms with E-state index in [1.165, 1.54) is 11.3 Å². The molecule has 0 bridgehead atoms. The van der Waals surface area contributed by atoms with Crippen molar-refractivity contribution >= 4 is 65.8 Å². The SMILES string of the molecule is O=S(=O)(c1cc(F)ccc1F)N(Br)c1nc(-c2sccc2Cl)ns1. The Bertz CT molecular complexity index is 1010. The van der Waals surface area contributed by atoms with Crippen LogP contribution in [0.2, 0.25) is 5.02 Å². The van der Waals surface area contributed by atoms with Crippen molar-refractivity contribution in [2.24, 2.45) is 0 Å². The molecule has 0 N–H and O–H groups in total. The minimum Gasteiger partial charge on any atom is -0.207 e. The molecule has 12 heteroatoms. The van der Waals surface area contributed by atoms with Gasteiger partial charge in [-0.1, -0.05) is 11.6 Å². The largest absolute Gasteiger partial charge is 0.278 e. The molecule has 0 aliphatic heterocycles. The fraction of sp³-hybridized carbons (Fsp3) is 0. The summed E-state index contributed by atoms with van der Waals surface area (Å²) in [4.78, 5) is 3.84. The van der Waals surface area contributed by atoms with Crippen LogP contribution < -0.4 is 3.33 Å². The molecule has 3 rings (SSSR count). The van der Waals surface area contributed by atoms with Crippen molar-refractivity contribution in [3.63, 3.8) is 0 Å². The van der Waals surface area contributed by atoms with Gasteiger partial charge < -0.3 is 0 Å². The maximum atomic E-state index is 13.8. The van der Waals surface area contributed by atoms with Gasteiger partial charge in [0, 0.05) is 11.5 Å². The molecule has 0 aliphatic carbocycles. The Kier molecular flexibility index (Phi) is 4.89. The van der Waals surface area contributed by atoms with Gasteiger partial charge in [-0.15, -0.1) is 11.3 Å². The molecule has 0 spiro atoms. The number of benzene rings is 1. The number of anilines is 1. The van der Waals surface area contributed by atoms with Crippen LogP contribution in [0.15, 0.2) is 34.5 Å². The quantitative estimate of drug-likeness (QED) is 0.516. The zero-order valence-corrected chi connectivity index (χ0v) is 16.1. The predicted molar refractivity (Wildman–Crippen MR) is 93.2 cm³/mol. The molecule has 2 aromatic heterocycles. The molecule has 24 heavy (non-hydrogen) atoms. The Labute approximate surface area is 157 Å². The molecule has 0 aliphatic rings. The molecular formula is C12H5BrClF2N3O2S3. The van der Waals surface area contributed by atoms with Crippen molar-refractivity contribution in [3.05, 3.63) is 46.3 Å². The molecule has 5 nitrogen and oxygen atoms in total. The Morgan fingerprint density at radius 1 is 1.25 bits per heavy atom.